The van der Waals surface area contributed by atoms with E-state index in [1.807, 2.05) is 30.5 Å². The summed E-state index contributed by atoms with van der Waals surface area (Å²) >= 11 is 3.47. The lowest BCUT2D eigenvalue weighted by molar-refractivity contribution is 0.392. The van der Waals surface area contributed by atoms with Crippen LogP contribution in [0.25, 0.3) is 0 Å². The second-order valence-corrected chi connectivity index (χ2v) is 6.37. The van der Waals surface area contributed by atoms with Crippen LogP contribution in [0, 0.1) is 0 Å². The molecule has 2 atom stereocenters. The third-order valence-corrected chi connectivity index (χ3v) is 4.72. The molecule has 1 aromatic carbocycles. The van der Waals surface area contributed by atoms with E-state index in [9.17, 15) is 0 Å². The molecule has 0 aliphatic heterocycles. The maximum atomic E-state index is 6.58. The van der Waals surface area contributed by atoms with Crippen LogP contribution in [0.2, 0.25) is 0 Å². The summed E-state index contributed by atoms with van der Waals surface area (Å²) in [6.45, 7) is 0. The number of benzene rings is 1. The summed E-state index contributed by atoms with van der Waals surface area (Å²) in [4.78, 5) is 4.59. The molecule has 110 valence electrons. The number of halogens is 1. The van der Waals surface area contributed by atoms with Crippen molar-refractivity contribution in [3.63, 3.8) is 0 Å². The van der Waals surface area contributed by atoms with Gasteiger partial charge in [-0.2, -0.15) is 0 Å². The van der Waals surface area contributed by atoms with Gasteiger partial charge in [-0.15, -0.1) is 0 Å². The number of fused-ring (bicyclic) bond motifs is 1. The van der Waals surface area contributed by atoms with Crippen LogP contribution < -0.4 is 10.5 Å². The number of ether oxygens (including phenoxy) is 1. The Hall–Kier alpha value is -1.39. The quantitative estimate of drug-likeness (QED) is 0.914. The van der Waals surface area contributed by atoms with Crippen molar-refractivity contribution in [2.24, 2.45) is 5.73 Å². The number of hydrogen-bond acceptors (Lipinski definition) is 3. The van der Waals surface area contributed by atoms with Gasteiger partial charge in [0.1, 0.15) is 5.75 Å². The smallest absolute Gasteiger partial charge is 0.124 e. The molecule has 1 aliphatic carbocycles. The Labute approximate surface area is 133 Å². The Kier molecular flexibility index (Phi) is 4.27. The second kappa shape index (κ2) is 6.16. The highest BCUT2D eigenvalue weighted by Gasteiger charge is 2.29. The van der Waals surface area contributed by atoms with Crippen LogP contribution in [-0.2, 0) is 6.42 Å². The van der Waals surface area contributed by atoms with E-state index in [0.29, 0.717) is 0 Å². The number of methoxy groups -OCH3 is 1. The molecule has 0 bridgehead atoms. The van der Waals surface area contributed by atoms with Crippen molar-refractivity contribution in [1.82, 2.24) is 4.98 Å². The van der Waals surface area contributed by atoms with Gasteiger partial charge in [-0.1, -0.05) is 28.1 Å². The molecule has 2 unspecified atom stereocenters. The first-order chi connectivity index (χ1) is 10.2. The molecule has 2 N–H and O–H groups in total. The van der Waals surface area contributed by atoms with Gasteiger partial charge in [0.15, 0.2) is 0 Å². The van der Waals surface area contributed by atoms with Crippen molar-refractivity contribution in [3.05, 3.63) is 57.8 Å². The van der Waals surface area contributed by atoms with Gasteiger partial charge >= 0.3 is 0 Å². The zero-order valence-electron chi connectivity index (χ0n) is 12.1. The van der Waals surface area contributed by atoms with Crippen molar-refractivity contribution in [1.29, 1.82) is 0 Å². The van der Waals surface area contributed by atoms with E-state index < -0.39 is 0 Å². The van der Waals surface area contributed by atoms with Crippen molar-refractivity contribution in [2.75, 3.05) is 7.11 Å². The number of aryl methyl sites for hydroxylation is 1. The van der Waals surface area contributed by atoms with Gasteiger partial charge in [-0.3, -0.25) is 4.98 Å². The Morgan fingerprint density at radius 3 is 3.05 bits per heavy atom. The molecule has 21 heavy (non-hydrogen) atoms. The lowest BCUT2D eigenvalue weighted by Crippen LogP contribution is -2.25. The first-order valence-electron chi connectivity index (χ1n) is 7.23. The highest BCUT2D eigenvalue weighted by Crippen LogP contribution is 2.40. The number of aromatic nitrogens is 1. The molecule has 0 radical (unpaired) electrons. The Bertz CT molecular complexity index is 644. The van der Waals surface area contributed by atoms with Gasteiger partial charge in [-0.25, -0.2) is 0 Å². The molecule has 3 nitrogen and oxygen atoms in total. The number of nitrogens with zero attached hydrogens (tertiary/aromatic N) is 1. The van der Waals surface area contributed by atoms with Gasteiger partial charge in [0.2, 0.25) is 0 Å². The fourth-order valence-corrected chi connectivity index (χ4v) is 3.51. The van der Waals surface area contributed by atoms with E-state index in [0.717, 1.165) is 40.7 Å². The normalized spacial score (nSPS) is 18.9. The maximum Gasteiger partial charge on any atom is 0.124 e. The van der Waals surface area contributed by atoms with Crippen molar-refractivity contribution in [3.8, 4) is 5.75 Å². The summed E-state index contributed by atoms with van der Waals surface area (Å²) in [7, 11) is 1.69. The molecule has 0 saturated carbocycles. The minimum atomic E-state index is -0.0954. The molecule has 0 saturated heterocycles. The monoisotopic (exact) mass is 346 g/mol. The average molecular weight is 347 g/mol. The van der Waals surface area contributed by atoms with E-state index in [2.05, 4.69) is 27.0 Å². The summed E-state index contributed by atoms with van der Waals surface area (Å²) in [5.74, 6) is 1.09. The Balaban J connectivity index is 1.98. The molecule has 0 amide bonds. The van der Waals surface area contributed by atoms with E-state index in [4.69, 9.17) is 10.5 Å². The van der Waals surface area contributed by atoms with Crippen molar-refractivity contribution < 1.29 is 4.74 Å². The Morgan fingerprint density at radius 1 is 1.38 bits per heavy atom. The lowest BCUT2D eigenvalue weighted by Gasteiger charge is -2.30. The summed E-state index contributed by atoms with van der Waals surface area (Å²) < 4.78 is 6.49. The predicted molar refractivity (Wildman–Crippen MR) is 87.5 cm³/mol. The fraction of sp³-hybridized carbons (Fsp3) is 0.353. The van der Waals surface area contributed by atoms with Crippen molar-refractivity contribution in [2.45, 2.75) is 31.2 Å². The third kappa shape index (κ3) is 2.83. The van der Waals surface area contributed by atoms with Gasteiger partial charge in [-0.05, 0) is 43.0 Å². The average Bonchev–Trinajstić information content (AvgIpc) is 2.53. The number of nitrogens with two attached hydrogens (primary N) is 1. The molecule has 1 aromatic heterocycles. The standard InChI is InChI=1S/C17H19BrN2O/c1-21-15-10-12(18)7-8-13(15)16(19)14-6-2-4-11-5-3-9-20-17(11)14/h3,5,7-10,14,16H,2,4,6,19H2,1H3. The fourth-order valence-electron chi connectivity index (χ4n) is 3.17. The molecule has 4 heteroatoms. The molecule has 0 spiro atoms. The summed E-state index contributed by atoms with van der Waals surface area (Å²) in [5.41, 5.74) is 10.1. The second-order valence-electron chi connectivity index (χ2n) is 5.46. The van der Waals surface area contributed by atoms with Crippen LogP contribution in [0.15, 0.2) is 41.0 Å². The zero-order chi connectivity index (χ0) is 14.8. The van der Waals surface area contributed by atoms with Crippen LogP contribution in [0.4, 0.5) is 0 Å². The van der Waals surface area contributed by atoms with Crippen LogP contribution in [-0.4, -0.2) is 12.1 Å². The SMILES string of the molecule is COc1cc(Br)ccc1C(N)C1CCCc2cccnc21. The summed E-state index contributed by atoms with van der Waals surface area (Å²) in [6, 6.07) is 10.1. The number of pyridine rings is 1. The summed E-state index contributed by atoms with van der Waals surface area (Å²) in [6.07, 6.45) is 5.20. The van der Waals surface area contributed by atoms with Crippen LogP contribution in [0.3, 0.4) is 0 Å². The van der Waals surface area contributed by atoms with E-state index in [1.54, 1.807) is 7.11 Å². The molecule has 3 rings (SSSR count). The van der Waals surface area contributed by atoms with Crippen molar-refractivity contribution >= 4 is 15.9 Å². The number of rotatable bonds is 3. The first kappa shape index (κ1) is 14.5. The largest absolute Gasteiger partial charge is 0.496 e. The topological polar surface area (TPSA) is 48.1 Å². The van der Waals surface area contributed by atoms with Gasteiger partial charge in [0.25, 0.3) is 0 Å². The molecule has 1 aliphatic rings. The van der Waals surface area contributed by atoms with Crippen LogP contribution >= 0.6 is 15.9 Å². The first-order valence-corrected chi connectivity index (χ1v) is 8.03. The highest BCUT2D eigenvalue weighted by atomic mass is 79.9. The van der Waals surface area contributed by atoms with Crippen LogP contribution in [0.5, 0.6) is 5.75 Å². The number of hydrogen-bond donors (Lipinski definition) is 1. The highest BCUT2D eigenvalue weighted by molar-refractivity contribution is 9.10. The predicted octanol–water partition coefficient (Wildman–Crippen LogP) is 3.97. The molecular weight excluding hydrogens is 328 g/mol. The summed E-state index contributed by atoms with van der Waals surface area (Å²) in [5, 5.41) is 0. The third-order valence-electron chi connectivity index (χ3n) is 4.23. The molecule has 2 aromatic rings. The van der Waals surface area contributed by atoms with E-state index >= 15 is 0 Å². The lowest BCUT2D eigenvalue weighted by atomic mass is 9.80. The minimum Gasteiger partial charge on any atom is -0.496 e. The molecule has 1 heterocycles. The van der Waals surface area contributed by atoms with Crippen LogP contribution in [0.1, 0.15) is 41.6 Å². The minimum absolute atomic E-state index is 0.0954. The maximum absolute atomic E-state index is 6.58. The molecular formula is C17H19BrN2O. The van der Waals surface area contributed by atoms with Gasteiger partial charge in [0, 0.05) is 33.9 Å². The van der Waals surface area contributed by atoms with Gasteiger partial charge in [0.05, 0.1) is 7.11 Å². The van der Waals surface area contributed by atoms with E-state index in [1.165, 1.54) is 5.56 Å². The zero-order valence-corrected chi connectivity index (χ0v) is 13.6. The Morgan fingerprint density at radius 2 is 2.24 bits per heavy atom. The van der Waals surface area contributed by atoms with Gasteiger partial charge < -0.3 is 10.5 Å². The van der Waals surface area contributed by atoms with E-state index in [-0.39, 0.29) is 12.0 Å². The molecule has 0 fully saturated rings.